The van der Waals surface area contributed by atoms with Crippen molar-refractivity contribution in [2.75, 3.05) is 6.61 Å². The standard InChI is InChI=1S/C15H20N2O/c1-10(9-18)16-14-8-4-6-12-11-5-2-3-7-13(11)17-15(12)14/h2-3,5,7,10,14,16-18H,4,6,8-9H2,1H3/t10-,14?/m1/s1. The number of aliphatic hydroxyl groups excluding tert-OH is 1. The van der Waals surface area contributed by atoms with Crippen LogP contribution in [0.1, 0.15) is 37.1 Å². The van der Waals surface area contributed by atoms with Crippen molar-refractivity contribution in [2.45, 2.75) is 38.3 Å². The largest absolute Gasteiger partial charge is 0.395 e. The zero-order valence-corrected chi connectivity index (χ0v) is 10.7. The summed E-state index contributed by atoms with van der Waals surface area (Å²) in [4.78, 5) is 3.55. The summed E-state index contributed by atoms with van der Waals surface area (Å²) < 4.78 is 0. The molecule has 0 aliphatic heterocycles. The van der Waals surface area contributed by atoms with E-state index in [0.29, 0.717) is 6.04 Å². The number of aromatic nitrogens is 1. The summed E-state index contributed by atoms with van der Waals surface area (Å²) in [6, 6.07) is 9.01. The summed E-state index contributed by atoms with van der Waals surface area (Å²) in [6.45, 7) is 2.21. The van der Waals surface area contributed by atoms with Crippen LogP contribution in [0, 0.1) is 0 Å². The van der Waals surface area contributed by atoms with Gasteiger partial charge in [-0.2, -0.15) is 0 Å². The van der Waals surface area contributed by atoms with Gasteiger partial charge in [0, 0.05) is 28.7 Å². The van der Waals surface area contributed by atoms with Crippen LogP contribution in [0.15, 0.2) is 24.3 Å². The SMILES string of the molecule is C[C@H](CO)NC1CCCc2c1[nH]c1ccccc21. The molecule has 2 atom stereocenters. The summed E-state index contributed by atoms with van der Waals surface area (Å²) in [5.41, 5.74) is 4.01. The van der Waals surface area contributed by atoms with Crippen molar-refractivity contribution in [3.05, 3.63) is 35.5 Å². The van der Waals surface area contributed by atoms with E-state index in [9.17, 15) is 5.11 Å². The third-order valence-corrected chi connectivity index (χ3v) is 3.87. The first-order chi connectivity index (χ1) is 8.79. The molecular formula is C15H20N2O. The Morgan fingerprint density at radius 1 is 1.44 bits per heavy atom. The van der Waals surface area contributed by atoms with E-state index < -0.39 is 0 Å². The molecule has 0 spiro atoms. The predicted molar refractivity (Wildman–Crippen MR) is 73.7 cm³/mol. The van der Waals surface area contributed by atoms with E-state index in [0.717, 1.165) is 12.8 Å². The van der Waals surface area contributed by atoms with Gasteiger partial charge < -0.3 is 15.4 Å². The van der Waals surface area contributed by atoms with Crippen LogP contribution in [0.5, 0.6) is 0 Å². The molecule has 1 aliphatic rings. The number of hydrogen-bond donors (Lipinski definition) is 3. The Balaban J connectivity index is 2.00. The van der Waals surface area contributed by atoms with Gasteiger partial charge >= 0.3 is 0 Å². The van der Waals surface area contributed by atoms with E-state index in [1.165, 1.54) is 28.6 Å². The Labute approximate surface area is 107 Å². The third kappa shape index (κ3) is 1.93. The minimum atomic E-state index is 0.146. The number of nitrogens with one attached hydrogen (secondary N) is 2. The maximum atomic E-state index is 9.18. The smallest absolute Gasteiger partial charge is 0.0582 e. The minimum absolute atomic E-state index is 0.146. The van der Waals surface area contributed by atoms with Crippen LogP contribution in [0.3, 0.4) is 0 Å². The molecule has 0 saturated carbocycles. The number of aliphatic hydroxyl groups is 1. The zero-order chi connectivity index (χ0) is 12.5. The lowest BCUT2D eigenvalue weighted by Gasteiger charge is -2.26. The average Bonchev–Trinajstić information content (AvgIpc) is 2.78. The number of fused-ring (bicyclic) bond motifs is 3. The van der Waals surface area contributed by atoms with Gasteiger partial charge in [-0.05, 0) is 37.8 Å². The van der Waals surface area contributed by atoms with Gasteiger partial charge in [0.05, 0.1) is 6.61 Å². The molecule has 1 heterocycles. The molecule has 0 amide bonds. The lowest BCUT2D eigenvalue weighted by molar-refractivity contribution is 0.235. The Morgan fingerprint density at radius 2 is 2.28 bits per heavy atom. The molecule has 0 fully saturated rings. The Hall–Kier alpha value is -1.32. The second kappa shape index (κ2) is 4.75. The molecule has 1 unspecified atom stereocenters. The number of rotatable bonds is 3. The van der Waals surface area contributed by atoms with Crippen LogP contribution in [0.2, 0.25) is 0 Å². The van der Waals surface area contributed by atoms with Gasteiger partial charge in [-0.25, -0.2) is 0 Å². The highest BCUT2D eigenvalue weighted by Gasteiger charge is 2.24. The lowest BCUT2D eigenvalue weighted by Crippen LogP contribution is -2.35. The van der Waals surface area contributed by atoms with Crippen LogP contribution in [-0.2, 0) is 6.42 Å². The van der Waals surface area contributed by atoms with Gasteiger partial charge in [-0.3, -0.25) is 0 Å². The minimum Gasteiger partial charge on any atom is -0.395 e. The van der Waals surface area contributed by atoms with E-state index in [4.69, 9.17) is 0 Å². The number of benzene rings is 1. The molecule has 0 bridgehead atoms. The fourth-order valence-electron chi connectivity index (χ4n) is 2.98. The van der Waals surface area contributed by atoms with Crippen molar-refractivity contribution in [2.24, 2.45) is 0 Å². The van der Waals surface area contributed by atoms with E-state index in [1.54, 1.807) is 0 Å². The molecule has 1 aromatic carbocycles. The monoisotopic (exact) mass is 244 g/mol. The van der Waals surface area contributed by atoms with Crippen LogP contribution >= 0.6 is 0 Å². The normalized spacial score (nSPS) is 20.9. The number of para-hydroxylation sites is 1. The first kappa shape index (κ1) is 11.8. The second-order valence-corrected chi connectivity index (χ2v) is 5.26. The quantitative estimate of drug-likeness (QED) is 0.777. The number of aryl methyl sites for hydroxylation is 1. The molecule has 1 aliphatic carbocycles. The molecule has 3 heteroatoms. The summed E-state index contributed by atoms with van der Waals surface area (Å²) in [6.07, 6.45) is 3.51. The summed E-state index contributed by atoms with van der Waals surface area (Å²) >= 11 is 0. The topological polar surface area (TPSA) is 48.0 Å². The van der Waals surface area contributed by atoms with E-state index in [2.05, 4.69) is 34.6 Å². The van der Waals surface area contributed by atoms with E-state index in [1.807, 2.05) is 6.92 Å². The molecule has 18 heavy (non-hydrogen) atoms. The van der Waals surface area contributed by atoms with E-state index >= 15 is 0 Å². The Morgan fingerprint density at radius 3 is 3.11 bits per heavy atom. The molecule has 1 aromatic heterocycles. The van der Waals surface area contributed by atoms with Gasteiger partial charge in [0.15, 0.2) is 0 Å². The molecule has 0 radical (unpaired) electrons. The Bertz CT molecular complexity index is 546. The van der Waals surface area contributed by atoms with Crippen molar-refractivity contribution in [1.29, 1.82) is 0 Å². The predicted octanol–water partition coefficient (Wildman–Crippen LogP) is 2.52. The Kier molecular flexibility index (Phi) is 3.10. The molecule has 3 N–H and O–H groups in total. The zero-order valence-electron chi connectivity index (χ0n) is 10.7. The molecule has 96 valence electrons. The number of H-pyrrole nitrogens is 1. The first-order valence-corrected chi connectivity index (χ1v) is 6.76. The maximum absolute atomic E-state index is 9.18. The van der Waals surface area contributed by atoms with Gasteiger partial charge in [-0.1, -0.05) is 18.2 Å². The summed E-state index contributed by atoms with van der Waals surface area (Å²) in [7, 11) is 0. The highest BCUT2D eigenvalue weighted by molar-refractivity contribution is 5.85. The molecule has 2 aromatic rings. The van der Waals surface area contributed by atoms with Crippen LogP contribution in [0.4, 0.5) is 0 Å². The molecule has 0 saturated heterocycles. The highest BCUT2D eigenvalue weighted by Crippen LogP contribution is 2.34. The van der Waals surface area contributed by atoms with Crippen LogP contribution < -0.4 is 5.32 Å². The van der Waals surface area contributed by atoms with Crippen LogP contribution in [-0.4, -0.2) is 22.7 Å². The van der Waals surface area contributed by atoms with Crippen molar-refractivity contribution in [1.82, 2.24) is 10.3 Å². The van der Waals surface area contributed by atoms with Crippen molar-refractivity contribution in [3.8, 4) is 0 Å². The van der Waals surface area contributed by atoms with Gasteiger partial charge in [0.25, 0.3) is 0 Å². The average molecular weight is 244 g/mol. The molecule has 3 rings (SSSR count). The fourth-order valence-corrected chi connectivity index (χ4v) is 2.98. The van der Waals surface area contributed by atoms with Crippen LogP contribution in [0.25, 0.3) is 10.9 Å². The fraction of sp³-hybridized carbons (Fsp3) is 0.467. The molecule has 3 nitrogen and oxygen atoms in total. The van der Waals surface area contributed by atoms with E-state index in [-0.39, 0.29) is 12.6 Å². The first-order valence-electron chi connectivity index (χ1n) is 6.76. The van der Waals surface area contributed by atoms with Crippen molar-refractivity contribution >= 4 is 10.9 Å². The second-order valence-electron chi connectivity index (χ2n) is 5.26. The number of aromatic amines is 1. The highest BCUT2D eigenvalue weighted by atomic mass is 16.3. The third-order valence-electron chi connectivity index (χ3n) is 3.87. The van der Waals surface area contributed by atoms with Gasteiger partial charge in [0.1, 0.15) is 0 Å². The van der Waals surface area contributed by atoms with Crippen molar-refractivity contribution < 1.29 is 5.11 Å². The van der Waals surface area contributed by atoms with Crippen molar-refractivity contribution in [3.63, 3.8) is 0 Å². The number of hydrogen-bond acceptors (Lipinski definition) is 2. The summed E-state index contributed by atoms with van der Waals surface area (Å²) in [5, 5.41) is 14.0. The molecular weight excluding hydrogens is 224 g/mol. The lowest BCUT2D eigenvalue weighted by atomic mass is 9.91. The van der Waals surface area contributed by atoms with Gasteiger partial charge in [0.2, 0.25) is 0 Å². The maximum Gasteiger partial charge on any atom is 0.0582 e. The summed E-state index contributed by atoms with van der Waals surface area (Å²) in [5.74, 6) is 0. The van der Waals surface area contributed by atoms with Gasteiger partial charge in [-0.15, -0.1) is 0 Å².